The van der Waals surface area contributed by atoms with Gasteiger partial charge in [0.05, 0.1) is 0 Å². The molecule has 28 heavy (non-hydrogen) atoms. The molecule has 0 saturated heterocycles. The van der Waals surface area contributed by atoms with Gasteiger partial charge in [-0.3, -0.25) is 4.57 Å². The monoisotopic (exact) mass is 413 g/mol. The molecule has 0 bridgehead atoms. The lowest BCUT2D eigenvalue weighted by Crippen LogP contribution is -2.12. The number of benzene rings is 2. The molecule has 0 aliphatic carbocycles. The van der Waals surface area contributed by atoms with Gasteiger partial charge in [0.15, 0.2) is 17.1 Å². The van der Waals surface area contributed by atoms with Gasteiger partial charge in [0.1, 0.15) is 5.75 Å². The van der Waals surface area contributed by atoms with Gasteiger partial charge < -0.3 is 4.74 Å². The Labute approximate surface area is 175 Å². The van der Waals surface area contributed by atoms with Gasteiger partial charge in [-0.15, -0.1) is 16.8 Å². The van der Waals surface area contributed by atoms with E-state index < -0.39 is 0 Å². The Hall–Kier alpha value is -2.24. The summed E-state index contributed by atoms with van der Waals surface area (Å²) in [6, 6.07) is 13.9. The molecule has 1 aromatic heterocycles. The molecule has 1 atom stereocenters. The van der Waals surface area contributed by atoms with Crippen molar-refractivity contribution in [3.05, 3.63) is 82.7 Å². The SMILES string of the molecule is C=CCn1c(SCc2ccccc2Cl)nnc1C(C)Oc1ccc(C)c(C)c1. The minimum atomic E-state index is -0.232. The highest BCUT2D eigenvalue weighted by Gasteiger charge is 2.19. The van der Waals surface area contributed by atoms with Crippen LogP contribution in [0.5, 0.6) is 5.75 Å². The van der Waals surface area contributed by atoms with Gasteiger partial charge in [-0.1, -0.05) is 53.7 Å². The van der Waals surface area contributed by atoms with Crippen LogP contribution in [-0.4, -0.2) is 14.8 Å². The summed E-state index contributed by atoms with van der Waals surface area (Å²) >= 11 is 7.87. The number of ether oxygens (including phenoxy) is 1. The number of aromatic nitrogens is 3. The van der Waals surface area contributed by atoms with Crippen molar-refractivity contribution in [1.29, 1.82) is 0 Å². The first-order valence-corrected chi connectivity index (χ1v) is 10.5. The third-order valence-corrected chi connectivity index (χ3v) is 5.91. The molecule has 1 heterocycles. The zero-order chi connectivity index (χ0) is 20.1. The number of allylic oxidation sites excluding steroid dienone is 1. The predicted octanol–water partition coefficient (Wildman–Crippen LogP) is 6.17. The molecule has 4 nitrogen and oxygen atoms in total. The first-order valence-electron chi connectivity index (χ1n) is 9.13. The summed E-state index contributed by atoms with van der Waals surface area (Å²) in [5.74, 6) is 2.33. The van der Waals surface area contributed by atoms with E-state index in [4.69, 9.17) is 16.3 Å². The highest BCUT2D eigenvalue weighted by atomic mass is 35.5. The van der Waals surface area contributed by atoms with Crippen molar-refractivity contribution < 1.29 is 4.74 Å². The first kappa shape index (κ1) is 20.5. The van der Waals surface area contributed by atoms with E-state index >= 15 is 0 Å². The molecule has 0 N–H and O–H groups in total. The molecule has 0 saturated carbocycles. The van der Waals surface area contributed by atoms with Crippen LogP contribution in [0.1, 0.15) is 35.5 Å². The van der Waals surface area contributed by atoms with Crippen LogP contribution in [0.2, 0.25) is 5.02 Å². The Morgan fingerprint density at radius 3 is 2.68 bits per heavy atom. The Morgan fingerprint density at radius 1 is 1.18 bits per heavy atom. The molecule has 0 spiro atoms. The fourth-order valence-electron chi connectivity index (χ4n) is 2.81. The fraction of sp³-hybridized carbons (Fsp3) is 0.273. The van der Waals surface area contributed by atoms with Crippen LogP contribution < -0.4 is 4.74 Å². The van der Waals surface area contributed by atoms with Crippen LogP contribution in [0, 0.1) is 13.8 Å². The lowest BCUT2D eigenvalue weighted by atomic mass is 10.1. The van der Waals surface area contributed by atoms with Crippen molar-refractivity contribution >= 4 is 23.4 Å². The number of hydrogen-bond acceptors (Lipinski definition) is 4. The average Bonchev–Trinajstić information content (AvgIpc) is 3.07. The van der Waals surface area contributed by atoms with E-state index in [2.05, 4.69) is 36.7 Å². The average molecular weight is 414 g/mol. The van der Waals surface area contributed by atoms with E-state index in [1.165, 1.54) is 11.1 Å². The number of halogens is 1. The van der Waals surface area contributed by atoms with E-state index in [9.17, 15) is 0 Å². The summed E-state index contributed by atoms with van der Waals surface area (Å²) in [6.07, 6.45) is 1.61. The molecule has 0 radical (unpaired) electrons. The predicted molar refractivity (Wildman–Crippen MR) is 116 cm³/mol. The highest BCUT2D eigenvalue weighted by molar-refractivity contribution is 7.98. The molecule has 0 amide bonds. The normalized spacial score (nSPS) is 12.0. The number of thioether (sulfide) groups is 1. The molecule has 3 aromatic rings. The van der Waals surface area contributed by atoms with Crippen molar-refractivity contribution in [3.8, 4) is 5.75 Å². The van der Waals surface area contributed by atoms with Gasteiger partial charge in [-0.25, -0.2) is 0 Å². The highest BCUT2D eigenvalue weighted by Crippen LogP contribution is 2.29. The molecule has 3 rings (SSSR count). The first-order chi connectivity index (χ1) is 13.5. The van der Waals surface area contributed by atoms with E-state index in [0.717, 1.165) is 33.1 Å². The Morgan fingerprint density at radius 2 is 1.96 bits per heavy atom. The van der Waals surface area contributed by atoms with E-state index in [0.29, 0.717) is 6.54 Å². The quantitative estimate of drug-likeness (QED) is 0.327. The summed E-state index contributed by atoms with van der Waals surface area (Å²) in [7, 11) is 0. The van der Waals surface area contributed by atoms with Gasteiger partial charge in [-0.2, -0.15) is 0 Å². The van der Waals surface area contributed by atoms with Crippen molar-refractivity contribution in [2.45, 2.75) is 44.3 Å². The van der Waals surface area contributed by atoms with Crippen LogP contribution >= 0.6 is 23.4 Å². The van der Waals surface area contributed by atoms with Crippen molar-refractivity contribution in [2.24, 2.45) is 0 Å². The minimum absolute atomic E-state index is 0.232. The summed E-state index contributed by atoms with van der Waals surface area (Å²) in [6.45, 7) is 10.6. The van der Waals surface area contributed by atoms with E-state index in [-0.39, 0.29) is 6.10 Å². The minimum Gasteiger partial charge on any atom is -0.483 e. The number of hydrogen-bond donors (Lipinski definition) is 0. The largest absolute Gasteiger partial charge is 0.483 e. The summed E-state index contributed by atoms with van der Waals surface area (Å²) in [5.41, 5.74) is 3.52. The third-order valence-electron chi connectivity index (χ3n) is 4.53. The van der Waals surface area contributed by atoms with Crippen molar-refractivity contribution in [1.82, 2.24) is 14.8 Å². The number of rotatable bonds is 8. The molecular weight excluding hydrogens is 390 g/mol. The third kappa shape index (κ3) is 4.78. The van der Waals surface area contributed by atoms with Gasteiger partial charge in [0, 0.05) is 17.3 Å². The van der Waals surface area contributed by atoms with Crippen LogP contribution in [0.4, 0.5) is 0 Å². The molecular formula is C22H24ClN3OS. The standard InChI is InChI=1S/C22H24ClN3OS/c1-5-12-26-21(17(4)27-19-11-10-15(2)16(3)13-19)24-25-22(26)28-14-18-8-6-7-9-20(18)23/h5-11,13,17H,1,12,14H2,2-4H3. The Balaban J connectivity index is 1.78. The Bertz CT molecular complexity index is 970. The topological polar surface area (TPSA) is 39.9 Å². The van der Waals surface area contributed by atoms with Crippen LogP contribution in [0.3, 0.4) is 0 Å². The smallest absolute Gasteiger partial charge is 0.191 e. The van der Waals surface area contributed by atoms with Crippen LogP contribution in [0.25, 0.3) is 0 Å². The van der Waals surface area contributed by atoms with Gasteiger partial charge in [0.25, 0.3) is 0 Å². The van der Waals surface area contributed by atoms with Crippen LogP contribution in [-0.2, 0) is 12.3 Å². The lowest BCUT2D eigenvalue weighted by molar-refractivity contribution is 0.210. The maximum Gasteiger partial charge on any atom is 0.191 e. The van der Waals surface area contributed by atoms with Crippen molar-refractivity contribution in [3.63, 3.8) is 0 Å². The van der Waals surface area contributed by atoms with E-state index in [1.807, 2.05) is 54.0 Å². The molecule has 0 fully saturated rings. The zero-order valence-electron chi connectivity index (χ0n) is 16.4. The molecule has 0 aliphatic rings. The maximum absolute atomic E-state index is 6.27. The second kappa shape index (κ2) is 9.30. The van der Waals surface area contributed by atoms with Crippen LogP contribution in [0.15, 0.2) is 60.3 Å². The van der Waals surface area contributed by atoms with Gasteiger partial charge in [0.2, 0.25) is 0 Å². The fourth-order valence-corrected chi connectivity index (χ4v) is 4.05. The van der Waals surface area contributed by atoms with E-state index in [1.54, 1.807) is 11.8 Å². The molecule has 146 valence electrons. The summed E-state index contributed by atoms with van der Waals surface area (Å²) in [4.78, 5) is 0. The molecule has 1 unspecified atom stereocenters. The summed E-state index contributed by atoms with van der Waals surface area (Å²) in [5, 5.41) is 10.4. The molecule has 0 aliphatic heterocycles. The Kier molecular flexibility index (Phi) is 6.81. The second-order valence-corrected chi connectivity index (χ2v) is 7.98. The number of aryl methyl sites for hydroxylation is 2. The lowest BCUT2D eigenvalue weighted by Gasteiger charge is -2.16. The van der Waals surface area contributed by atoms with Crippen molar-refractivity contribution in [2.75, 3.05) is 0 Å². The maximum atomic E-state index is 6.27. The molecule has 2 aromatic carbocycles. The summed E-state index contributed by atoms with van der Waals surface area (Å²) < 4.78 is 8.17. The molecule has 6 heteroatoms. The number of nitrogens with zero attached hydrogens (tertiary/aromatic N) is 3. The zero-order valence-corrected chi connectivity index (χ0v) is 17.9. The second-order valence-electron chi connectivity index (χ2n) is 6.63. The van der Waals surface area contributed by atoms with Gasteiger partial charge >= 0.3 is 0 Å². The van der Waals surface area contributed by atoms with Gasteiger partial charge in [-0.05, 0) is 55.7 Å².